The Kier molecular flexibility index (Phi) is 4.08. The second-order valence-corrected chi connectivity index (χ2v) is 7.63. The molecular formula is C18H25N3O4. The fourth-order valence-corrected chi connectivity index (χ4v) is 4.74. The van der Waals surface area contributed by atoms with E-state index >= 15 is 0 Å². The largest absolute Gasteiger partial charge is 0.481 e. The molecule has 2 unspecified atom stereocenters. The summed E-state index contributed by atoms with van der Waals surface area (Å²) in [4.78, 5) is 32.0. The molecular weight excluding hydrogens is 322 g/mol. The molecule has 3 fully saturated rings. The van der Waals surface area contributed by atoms with Crippen molar-refractivity contribution < 1.29 is 19.4 Å². The van der Waals surface area contributed by atoms with Crippen LogP contribution in [-0.4, -0.2) is 77.2 Å². The Balaban J connectivity index is 1.52. The molecule has 136 valence electrons. The number of aryl methyl sites for hydroxylation is 1. The second-order valence-electron chi connectivity index (χ2n) is 7.63. The average molecular weight is 347 g/mol. The molecule has 2 N–H and O–H groups in total. The molecule has 0 aliphatic carbocycles. The van der Waals surface area contributed by atoms with Gasteiger partial charge < -0.3 is 19.7 Å². The van der Waals surface area contributed by atoms with E-state index in [4.69, 9.17) is 4.74 Å². The van der Waals surface area contributed by atoms with Gasteiger partial charge in [0.2, 0.25) is 0 Å². The number of likely N-dealkylation sites (tertiary alicyclic amines) is 2. The molecule has 7 nitrogen and oxygen atoms in total. The van der Waals surface area contributed by atoms with E-state index in [1.807, 2.05) is 6.92 Å². The van der Waals surface area contributed by atoms with Gasteiger partial charge in [0.15, 0.2) is 0 Å². The smallest absolute Gasteiger partial charge is 0.313 e. The third kappa shape index (κ3) is 2.66. The summed E-state index contributed by atoms with van der Waals surface area (Å²) < 4.78 is 5.43. The average Bonchev–Trinajstić information content (AvgIpc) is 3.27. The Bertz CT molecular complexity index is 682. The number of aromatic nitrogens is 1. The summed E-state index contributed by atoms with van der Waals surface area (Å²) in [5.74, 6) is -0.837. The van der Waals surface area contributed by atoms with Gasteiger partial charge in [0.05, 0.1) is 5.56 Å². The lowest BCUT2D eigenvalue weighted by Gasteiger charge is -2.33. The minimum atomic E-state index is -0.835. The van der Waals surface area contributed by atoms with Crippen LogP contribution in [0.25, 0.3) is 0 Å². The van der Waals surface area contributed by atoms with Gasteiger partial charge in [-0.25, -0.2) is 0 Å². The first kappa shape index (κ1) is 16.6. The molecule has 1 aromatic rings. The summed E-state index contributed by atoms with van der Waals surface area (Å²) in [6.07, 6.45) is 3.68. The fourth-order valence-electron chi connectivity index (χ4n) is 4.74. The van der Waals surface area contributed by atoms with E-state index in [2.05, 4.69) is 9.88 Å². The number of aliphatic carboxylic acids is 1. The van der Waals surface area contributed by atoms with E-state index in [1.165, 1.54) is 0 Å². The lowest BCUT2D eigenvalue weighted by Crippen LogP contribution is -2.45. The Morgan fingerprint density at radius 2 is 2.04 bits per heavy atom. The molecule has 0 radical (unpaired) electrons. The van der Waals surface area contributed by atoms with E-state index in [-0.39, 0.29) is 11.8 Å². The van der Waals surface area contributed by atoms with E-state index in [9.17, 15) is 14.7 Å². The van der Waals surface area contributed by atoms with E-state index in [0.717, 1.165) is 38.3 Å². The van der Waals surface area contributed by atoms with Crippen LogP contribution in [0.1, 0.15) is 28.9 Å². The van der Waals surface area contributed by atoms with Gasteiger partial charge in [-0.3, -0.25) is 14.5 Å². The van der Waals surface area contributed by atoms with Crippen LogP contribution < -0.4 is 0 Å². The lowest BCUT2D eigenvalue weighted by molar-refractivity contribution is -0.148. The number of nitrogens with zero attached hydrogens (tertiary/aromatic N) is 2. The maximum absolute atomic E-state index is 12.8. The van der Waals surface area contributed by atoms with Crippen LogP contribution in [0.3, 0.4) is 0 Å². The topological polar surface area (TPSA) is 85.9 Å². The molecule has 2 atom stereocenters. The van der Waals surface area contributed by atoms with Crippen molar-refractivity contribution in [1.29, 1.82) is 0 Å². The van der Waals surface area contributed by atoms with Crippen LogP contribution in [0.4, 0.5) is 0 Å². The van der Waals surface area contributed by atoms with E-state index in [0.29, 0.717) is 31.2 Å². The number of carboxylic acids is 1. The lowest BCUT2D eigenvalue weighted by atomic mass is 9.81. The van der Waals surface area contributed by atoms with Gasteiger partial charge >= 0.3 is 5.97 Å². The van der Waals surface area contributed by atoms with Gasteiger partial charge in [-0.15, -0.1) is 0 Å². The van der Waals surface area contributed by atoms with Crippen LogP contribution in [0.2, 0.25) is 0 Å². The molecule has 25 heavy (non-hydrogen) atoms. The quantitative estimate of drug-likeness (QED) is 0.851. The summed E-state index contributed by atoms with van der Waals surface area (Å²) in [5, 5.41) is 9.98. The number of rotatable bonds is 3. The molecule has 0 aromatic carbocycles. The number of hydrogen-bond acceptors (Lipinski definition) is 4. The molecule has 0 bridgehead atoms. The van der Waals surface area contributed by atoms with Crippen LogP contribution >= 0.6 is 0 Å². The van der Waals surface area contributed by atoms with E-state index in [1.54, 1.807) is 17.2 Å². The number of carboxylic acid groups (broad SMARTS) is 1. The van der Waals surface area contributed by atoms with Crippen LogP contribution in [0.5, 0.6) is 0 Å². The van der Waals surface area contributed by atoms with Gasteiger partial charge in [-0.1, -0.05) is 0 Å². The summed E-state index contributed by atoms with van der Waals surface area (Å²) in [6, 6.07) is 2.18. The molecule has 0 saturated carbocycles. The highest BCUT2D eigenvalue weighted by molar-refractivity contribution is 5.96. The third-order valence-electron chi connectivity index (χ3n) is 6.24. The molecule has 7 heteroatoms. The van der Waals surface area contributed by atoms with Gasteiger partial charge in [0, 0.05) is 63.2 Å². The van der Waals surface area contributed by atoms with Gasteiger partial charge in [0.25, 0.3) is 5.91 Å². The number of amides is 1. The normalized spacial score (nSPS) is 30.6. The Labute approximate surface area is 146 Å². The highest BCUT2D eigenvalue weighted by Crippen LogP contribution is 2.44. The Morgan fingerprint density at radius 3 is 2.64 bits per heavy atom. The summed E-state index contributed by atoms with van der Waals surface area (Å²) in [7, 11) is 0. The predicted molar refractivity (Wildman–Crippen MR) is 90.4 cm³/mol. The molecule has 3 saturated heterocycles. The molecule has 1 aromatic heterocycles. The first-order chi connectivity index (χ1) is 12.0. The zero-order valence-corrected chi connectivity index (χ0v) is 14.5. The number of nitrogens with one attached hydrogen (secondary N) is 1. The zero-order chi connectivity index (χ0) is 17.6. The van der Waals surface area contributed by atoms with Crippen molar-refractivity contribution in [2.45, 2.75) is 25.8 Å². The van der Waals surface area contributed by atoms with Crippen molar-refractivity contribution in [1.82, 2.24) is 14.8 Å². The first-order valence-corrected chi connectivity index (χ1v) is 9.00. The summed E-state index contributed by atoms with van der Waals surface area (Å²) >= 11 is 0. The van der Waals surface area contributed by atoms with Gasteiger partial charge in [0.1, 0.15) is 5.41 Å². The Morgan fingerprint density at radius 1 is 1.28 bits per heavy atom. The minimum Gasteiger partial charge on any atom is -0.481 e. The maximum Gasteiger partial charge on any atom is 0.313 e. The predicted octanol–water partition coefficient (Wildman–Crippen LogP) is 0.961. The third-order valence-corrected chi connectivity index (χ3v) is 6.24. The number of H-pyrrole nitrogens is 1. The van der Waals surface area contributed by atoms with Crippen molar-refractivity contribution in [2.24, 2.45) is 11.3 Å². The number of hydrogen-bond donors (Lipinski definition) is 2. The fraction of sp³-hybridized carbons (Fsp3) is 0.667. The van der Waals surface area contributed by atoms with Crippen molar-refractivity contribution in [3.05, 3.63) is 23.5 Å². The molecule has 4 heterocycles. The van der Waals surface area contributed by atoms with Crippen molar-refractivity contribution in [3.63, 3.8) is 0 Å². The van der Waals surface area contributed by atoms with Crippen LogP contribution in [0.15, 0.2) is 12.3 Å². The molecule has 3 aliphatic rings. The maximum atomic E-state index is 12.8. The molecule has 4 rings (SSSR count). The first-order valence-electron chi connectivity index (χ1n) is 9.00. The second kappa shape index (κ2) is 6.14. The molecule has 1 amide bonds. The van der Waals surface area contributed by atoms with Gasteiger partial charge in [-0.05, 0) is 25.8 Å². The highest BCUT2D eigenvalue weighted by atomic mass is 16.5. The zero-order valence-electron chi connectivity index (χ0n) is 14.5. The summed E-state index contributed by atoms with van der Waals surface area (Å²) in [6.45, 7) is 5.49. The van der Waals surface area contributed by atoms with Crippen molar-refractivity contribution in [3.8, 4) is 0 Å². The highest BCUT2D eigenvalue weighted by Gasteiger charge is 2.59. The van der Waals surface area contributed by atoms with Gasteiger partial charge in [-0.2, -0.15) is 0 Å². The van der Waals surface area contributed by atoms with E-state index < -0.39 is 11.4 Å². The monoisotopic (exact) mass is 347 g/mol. The standard InChI is InChI=1S/C18H25N3O4/c1-12-15(2-5-19-12)16(22)21-9-13-8-20(14-3-6-25-7-4-14)10-18(13,11-21)17(23)24/h2,5,13-14,19H,3-4,6-11H2,1H3,(H,23,24). The summed E-state index contributed by atoms with van der Waals surface area (Å²) in [5.41, 5.74) is 0.634. The molecule has 0 spiro atoms. The number of carbonyl (C=O) groups excluding carboxylic acids is 1. The minimum absolute atomic E-state index is 0.00366. The SMILES string of the molecule is Cc1[nH]ccc1C(=O)N1CC2CN(C3CCOCC3)CC2(C(=O)O)C1. The Hall–Kier alpha value is -1.86. The van der Waals surface area contributed by atoms with Crippen LogP contribution in [0, 0.1) is 18.3 Å². The van der Waals surface area contributed by atoms with Crippen molar-refractivity contribution in [2.75, 3.05) is 39.4 Å². The number of carbonyl (C=O) groups is 2. The van der Waals surface area contributed by atoms with Crippen molar-refractivity contribution >= 4 is 11.9 Å². The van der Waals surface area contributed by atoms with Crippen LogP contribution in [-0.2, 0) is 9.53 Å². The number of aromatic amines is 1. The number of fused-ring (bicyclic) bond motifs is 1. The number of ether oxygens (including phenoxy) is 1. The molecule has 3 aliphatic heterocycles.